The van der Waals surface area contributed by atoms with Gasteiger partial charge in [0.05, 0.1) is 4.90 Å². The number of benzene rings is 2. The lowest BCUT2D eigenvalue weighted by molar-refractivity contribution is -0.143. The summed E-state index contributed by atoms with van der Waals surface area (Å²) in [7, 11) is -3.93. The van der Waals surface area contributed by atoms with Crippen molar-refractivity contribution in [1.82, 2.24) is 9.78 Å². The second kappa shape index (κ2) is 7.14. The molecule has 0 amide bonds. The van der Waals surface area contributed by atoms with Crippen LogP contribution in [-0.4, -0.2) is 18.2 Å². The Morgan fingerprint density at radius 2 is 1.64 bits per heavy atom. The fourth-order valence-electron chi connectivity index (χ4n) is 2.83. The first-order valence-electron chi connectivity index (χ1n) is 7.93. The van der Waals surface area contributed by atoms with Crippen LogP contribution in [0, 0.1) is 12.3 Å². The average molecular weight is 405 g/mol. The fraction of sp³-hybridized carbons (Fsp3) is 0.105. The Hall–Kier alpha value is -3.09. The molecule has 2 N–H and O–H groups in total. The maximum Gasteiger partial charge on any atom is 0.433 e. The molecule has 0 fully saturated rings. The number of primary sulfonamides is 1. The molecule has 3 rings (SSSR count). The summed E-state index contributed by atoms with van der Waals surface area (Å²) in [5.41, 5.74) is -0.459. The Bertz CT molecular complexity index is 1140. The molecule has 28 heavy (non-hydrogen) atoms. The third kappa shape index (κ3) is 3.78. The van der Waals surface area contributed by atoms with E-state index in [4.69, 9.17) is 11.6 Å². The van der Waals surface area contributed by atoms with Crippen LogP contribution in [0.4, 0.5) is 13.2 Å². The monoisotopic (exact) mass is 405 g/mol. The predicted octanol–water partition coefficient (Wildman–Crippen LogP) is 3.52. The largest absolute Gasteiger partial charge is 0.433 e. The third-order valence-electron chi connectivity index (χ3n) is 3.98. The Morgan fingerprint density at radius 1 is 1.04 bits per heavy atom. The number of halogens is 3. The molecule has 0 radical (unpaired) electrons. The van der Waals surface area contributed by atoms with E-state index >= 15 is 0 Å². The van der Waals surface area contributed by atoms with Crippen LogP contribution in [0.2, 0.25) is 0 Å². The van der Waals surface area contributed by atoms with Crippen molar-refractivity contribution in [2.75, 3.05) is 0 Å². The first kappa shape index (κ1) is 19.7. The Labute approximate surface area is 159 Å². The van der Waals surface area contributed by atoms with Crippen molar-refractivity contribution >= 4 is 10.0 Å². The number of terminal acetylenes is 1. The second-order valence-corrected chi connectivity index (χ2v) is 7.43. The topological polar surface area (TPSA) is 78.0 Å². The van der Waals surface area contributed by atoms with Crippen molar-refractivity contribution in [3.8, 4) is 34.7 Å². The molecule has 1 aromatic heterocycles. The molecule has 0 atom stereocenters. The van der Waals surface area contributed by atoms with E-state index in [2.05, 4.69) is 11.0 Å². The number of hydrogen-bond acceptors (Lipinski definition) is 3. The van der Waals surface area contributed by atoms with Gasteiger partial charge in [0, 0.05) is 11.1 Å². The lowest BCUT2D eigenvalue weighted by atomic mass is 9.98. The van der Waals surface area contributed by atoms with Gasteiger partial charge in [0.25, 0.3) is 0 Å². The summed E-state index contributed by atoms with van der Waals surface area (Å²) in [5, 5.41) is 9.15. The van der Waals surface area contributed by atoms with E-state index in [1.165, 1.54) is 36.4 Å². The van der Waals surface area contributed by atoms with E-state index in [0.717, 1.165) is 4.68 Å². The minimum Gasteiger partial charge on any atom is -0.247 e. The van der Waals surface area contributed by atoms with Gasteiger partial charge in [-0.2, -0.15) is 18.3 Å². The summed E-state index contributed by atoms with van der Waals surface area (Å²) in [6, 6.07) is 13.1. The molecule has 0 saturated carbocycles. The van der Waals surface area contributed by atoms with E-state index in [0.29, 0.717) is 11.1 Å². The predicted molar refractivity (Wildman–Crippen MR) is 98.3 cm³/mol. The molecule has 0 spiro atoms. The average Bonchev–Trinajstić information content (AvgIpc) is 3.02. The number of hydrogen-bond donors (Lipinski definition) is 1. The highest BCUT2D eigenvalue weighted by atomic mass is 32.2. The minimum atomic E-state index is -4.70. The smallest absolute Gasteiger partial charge is 0.247 e. The molecule has 2 aromatic carbocycles. The zero-order valence-corrected chi connectivity index (χ0v) is 15.1. The van der Waals surface area contributed by atoms with Crippen molar-refractivity contribution < 1.29 is 21.6 Å². The van der Waals surface area contributed by atoms with Crippen molar-refractivity contribution in [2.24, 2.45) is 5.14 Å². The lowest BCUT2D eigenvalue weighted by Gasteiger charge is -2.12. The molecule has 1 heterocycles. The molecule has 0 bridgehead atoms. The van der Waals surface area contributed by atoms with Gasteiger partial charge in [0.15, 0.2) is 5.69 Å². The van der Waals surface area contributed by atoms with E-state index < -0.39 is 21.9 Å². The highest BCUT2D eigenvalue weighted by molar-refractivity contribution is 7.89. The van der Waals surface area contributed by atoms with Crippen LogP contribution < -0.4 is 5.14 Å². The zero-order chi connectivity index (χ0) is 20.5. The number of nitrogens with two attached hydrogens (primary N) is 1. The van der Waals surface area contributed by atoms with Gasteiger partial charge in [-0.1, -0.05) is 48.4 Å². The summed E-state index contributed by atoms with van der Waals surface area (Å²) in [4.78, 5) is -0.156. The molecule has 0 aliphatic carbocycles. The molecule has 5 nitrogen and oxygen atoms in total. The minimum absolute atomic E-state index is 0.0368. The van der Waals surface area contributed by atoms with Crippen LogP contribution in [0.3, 0.4) is 0 Å². The van der Waals surface area contributed by atoms with Crippen LogP contribution in [-0.2, 0) is 22.7 Å². The van der Waals surface area contributed by atoms with Crippen molar-refractivity contribution in [1.29, 1.82) is 0 Å². The number of rotatable bonds is 4. The molecule has 0 unspecified atom stereocenters. The molecule has 9 heteroatoms. The summed E-state index contributed by atoms with van der Waals surface area (Å²) >= 11 is 0. The highest BCUT2D eigenvalue weighted by Gasteiger charge is 2.40. The van der Waals surface area contributed by atoms with E-state index in [1.54, 1.807) is 18.2 Å². The Morgan fingerprint density at radius 3 is 2.14 bits per heavy atom. The van der Waals surface area contributed by atoms with Gasteiger partial charge >= 0.3 is 6.18 Å². The van der Waals surface area contributed by atoms with Crippen molar-refractivity contribution in [2.45, 2.75) is 17.6 Å². The molecular formula is C19H14F3N3O2S. The van der Waals surface area contributed by atoms with Gasteiger partial charge in [0.2, 0.25) is 10.0 Å². The van der Waals surface area contributed by atoms with Crippen LogP contribution in [0.15, 0.2) is 59.5 Å². The summed E-state index contributed by atoms with van der Waals surface area (Å²) in [6.07, 6.45) is 0.518. The first-order chi connectivity index (χ1) is 13.1. The summed E-state index contributed by atoms with van der Waals surface area (Å²) in [6.45, 7) is -0.371. The Kier molecular flexibility index (Phi) is 5.02. The third-order valence-corrected chi connectivity index (χ3v) is 4.91. The number of sulfonamides is 1. The number of aromatic nitrogens is 2. The SMILES string of the molecule is C#CCn1nc(-c2ccc(S(N)(=O)=O)cc2)c(-c2ccccc2)c1C(F)(F)F. The molecule has 0 aliphatic rings. The van der Waals surface area contributed by atoms with Crippen LogP contribution in [0.5, 0.6) is 0 Å². The fourth-order valence-corrected chi connectivity index (χ4v) is 3.35. The second-order valence-electron chi connectivity index (χ2n) is 5.87. The van der Waals surface area contributed by atoms with Gasteiger partial charge in [-0.3, -0.25) is 0 Å². The number of alkyl halides is 3. The zero-order valence-electron chi connectivity index (χ0n) is 14.3. The van der Waals surface area contributed by atoms with E-state index in [9.17, 15) is 21.6 Å². The lowest BCUT2D eigenvalue weighted by Crippen LogP contribution is -2.15. The first-order valence-corrected chi connectivity index (χ1v) is 9.47. The van der Waals surface area contributed by atoms with Gasteiger partial charge in [-0.05, 0) is 17.7 Å². The quantitative estimate of drug-likeness (QED) is 0.675. The van der Waals surface area contributed by atoms with E-state index in [-0.39, 0.29) is 22.7 Å². The van der Waals surface area contributed by atoms with Gasteiger partial charge in [-0.25, -0.2) is 18.2 Å². The molecule has 0 aliphatic heterocycles. The van der Waals surface area contributed by atoms with Gasteiger partial charge in [-0.15, -0.1) is 6.42 Å². The van der Waals surface area contributed by atoms with Crippen LogP contribution in [0.25, 0.3) is 22.4 Å². The van der Waals surface area contributed by atoms with Crippen LogP contribution in [0.1, 0.15) is 5.69 Å². The van der Waals surface area contributed by atoms with Crippen molar-refractivity contribution in [3.63, 3.8) is 0 Å². The molecule has 3 aromatic rings. The maximum atomic E-state index is 13.8. The highest BCUT2D eigenvalue weighted by Crippen LogP contribution is 2.42. The maximum absolute atomic E-state index is 13.8. The van der Waals surface area contributed by atoms with Gasteiger partial charge < -0.3 is 0 Å². The molecule has 0 saturated heterocycles. The number of nitrogens with zero attached hydrogens (tertiary/aromatic N) is 2. The van der Waals surface area contributed by atoms with Crippen LogP contribution >= 0.6 is 0 Å². The standard InChI is InChI=1S/C19H14F3N3O2S/c1-2-12-25-18(19(20,21)22)16(13-6-4-3-5-7-13)17(24-25)14-8-10-15(11-9-14)28(23,26)27/h1,3-11H,12H2,(H2,23,26,27). The molecule has 144 valence electrons. The molecular weight excluding hydrogens is 391 g/mol. The van der Waals surface area contributed by atoms with Gasteiger partial charge in [0.1, 0.15) is 12.2 Å². The summed E-state index contributed by atoms with van der Waals surface area (Å²) < 4.78 is 65.1. The van der Waals surface area contributed by atoms with E-state index in [1.807, 2.05) is 0 Å². The Balaban J connectivity index is 2.31. The summed E-state index contributed by atoms with van der Waals surface area (Å²) in [5.74, 6) is 2.17. The normalized spacial score (nSPS) is 12.0. The van der Waals surface area contributed by atoms with Crippen molar-refractivity contribution in [3.05, 3.63) is 60.3 Å².